The number of fused-ring (bicyclic) bond motifs is 5. The Kier molecular flexibility index (Phi) is 4.07. The van der Waals surface area contributed by atoms with E-state index in [-0.39, 0.29) is 0 Å². The second-order valence-electron chi connectivity index (χ2n) is 10.0. The normalized spacial score (nSPS) is 54.2. The number of carbonyl (C=O) groups is 1. The van der Waals surface area contributed by atoms with Gasteiger partial charge in [-0.2, -0.15) is 11.8 Å². The largest absolute Gasteiger partial charge is 0.342 e. The van der Waals surface area contributed by atoms with Crippen LogP contribution in [0.5, 0.6) is 0 Å². The maximum Gasteiger partial charge on any atom is 0.222 e. The Balaban J connectivity index is 1.68. The predicted octanol–water partition coefficient (Wildman–Crippen LogP) is 4.83. The lowest BCUT2D eigenvalue weighted by Gasteiger charge is -2.63. The molecule has 3 saturated carbocycles. The zero-order chi connectivity index (χ0) is 17.3. The molecule has 0 aromatic heterocycles. The highest BCUT2D eigenvalue weighted by molar-refractivity contribution is 7.99. The van der Waals surface area contributed by atoms with E-state index in [0.29, 0.717) is 22.8 Å². The van der Waals surface area contributed by atoms with Gasteiger partial charge in [0.05, 0.1) is 0 Å². The van der Waals surface area contributed by atoms with Gasteiger partial charge in [-0.15, -0.1) is 0 Å². The molecule has 1 aliphatic heterocycles. The molecule has 3 aliphatic carbocycles. The van der Waals surface area contributed by atoms with Gasteiger partial charge in [0.2, 0.25) is 5.91 Å². The number of rotatable bonds is 1. The summed E-state index contributed by atoms with van der Waals surface area (Å²) < 4.78 is 0. The first-order valence-electron chi connectivity index (χ1n) is 10.1. The van der Waals surface area contributed by atoms with Gasteiger partial charge in [-0.1, -0.05) is 20.8 Å². The van der Waals surface area contributed by atoms with Crippen molar-refractivity contribution in [3.63, 3.8) is 0 Å². The van der Waals surface area contributed by atoms with Gasteiger partial charge in [0.15, 0.2) is 0 Å². The number of carbonyl (C=O) groups excluding carboxylic acids is 1. The first-order valence-corrected chi connectivity index (χ1v) is 11.4. The summed E-state index contributed by atoms with van der Waals surface area (Å²) in [5.74, 6) is 3.80. The van der Waals surface area contributed by atoms with Crippen LogP contribution in [-0.2, 0) is 4.79 Å². The van der Waals surface area contributed by atoms with Crippen LogP contribution in [0.4, 0.5) is 0 Å². The molecule has 4 rings (SSSR count). The van der Waals surface area contributed by atoms with Crippen LogP contribution in [0.25, 0.3) is 0 Å². The zero-order valence-corrected chi connectivity index (χ0v) is 17.0. The second-order valence-corrected chi connectivity index (χ2v) is 11.2. The Morgan fingerprint density at radius 2 is 1.92 bits per heavy atom. The fourth-order valence-corrected chi connectivity index (χ4v) is 8.58. The summed E-state index contributed by atoms with van der Waals surface area (Å²) in [6, 6.07) is 0.483. The molecule has 4 aliphatic rings. The molecule has 3 heteroatoms. The third-order valence-corrected chi connectivity index (χ3v) is 10.0. The molecule has 0 aromatic rings. The van der Waals surface area contributed by atoms with Crippen molar-refractivity contribution in [1.29, 1.82) is 0 Å². The van der Waals surface area contributed by atoms with E-state index in [1.807, 2.05) is 0 Å². The van der Waals surface area contributed by atoms with Gasteiger partial charge in [0.25, 0.3) is 0 Å². The number of likely N-dealkylation sites (tertiary alicyclic amines) is 1. The SMILES string of the molecule is CS[C@H]1C[C@H]2C3[C@@H](C)C[C@H]4N(C)C(=O)CC[C@]4(C)[C@H]3CC[C@]2(C)C1. The van der Waals surface area contributed by atoms with Crippen molar-refractivity contribution in [1.82, 2.24) is 4.90 Å². The zero-order valence-electron chi connectivity index (χ0n) is 16.2. The molecular weight excluding hydrogens is 314 g/mol. The summed E-state index contributed by atoms with van der Waals surface area (Å²) in [4.78, 5) is 14.4. The molecule has 0 spiro atoms. The van der Waals surface area contributed by atoms with E-state index < -0.39 is 0 Å². The maximum atomic E-state index is 12.3. The number of amides is 1. The number of hydrogen-bond donors (Lipinski definition) is 0. The number of hydrogen-bond acceptors (Lipinski definition) is 2. The van der Waals surface area contributed by atoms with E-state index in [1.165, 1.54) is 32.1 Å². The molecule has 0 aromatic carbocycles. The van der Waals surface area contributed by atoms with Crippen LogP contribution >= 0.6 is 11.8 Å². The second kappa shape index (κ2) is 5.66. The first-order chi connectivity index (χ1) is 11.3. The molecular formula is C21H35NOS. The van der Waals surface area contributed by atoms with Gasteiger partial charge in [0.1, 0.15) is 0 Å². The average molecular weight is 350 g/mol. The molecule has 4 fully saturated rings. The summed E-state index contributed by atoms with van der Waals surface area (Å²) in [7, 11) is 2.07. The van der Waals surface area contributed by atoms with Crippen LogP contribution in [0.1, 0.15) is 65.7 Å². The average Bonchev–Trinajstić information content (AvgIpc) is 2.90. The minimum absolute atomic E-state index is 0.360. The topological polar surface area (TPSA) is 20.3 Å². The molecule has 8 atom stereocenters. The molecule has 0 N–H and O–H groups in total. The first kappa shape index (κ1) is 17.2. The summed E-state index contributed by atoms with van der Waals surface area (Å²) in [6.45, 7) is 7.64. The van der Waals surface area contributed by atoms with Crippen LogP contribution in [0.2, 0.25) is 0 Å². The third-order valence-electron chi connectivity index (χ3n) is 8.99. The van der Waals surface area contributed by atoms with E-state index in [1.54, 1.807) is 0 Å². The lowest BCUT2D eigenvalue weighted by Crippen LogP contribution is -2.62. The van der Waals surface area contributed by atoms with Crippen LogP contribution in [0, 0.1) is 34.5 Å². The minimum atomic E-state index is 0.360. The van der Waals surface area contributed by atoms with Gasteiger partial charge < -0.3 is 4.90 Å². The van der Waals surface area contributed by atoms with Gasteiger partial charge in [-0.25, -0.2) is 0 Å². The van der Waals surface area contributed by atoms with Crippen molar-refractivity contribution < 1.29 is 4.79 Å². The fourth-order valence-electron chi connectivity index (χ4n) is 7.64. The van der Waals surface area contributed by atoms with Crippen LogP contribution < -0.4 is 0 Å². The Labute approximate surface area is 152 Å². The third kappa shape index (κ3) is 2.25. The molecule has 1 amide bonds. The van der Waals surface area contributed by atoms with Crippen molar-refractivity contribution in [2.75, 3.05) is 13.3 Å². The van der Waals surface area contributed by atoms with Gasteiger partial charge in [-0.3, -0.25) is 4.79 Å². The molecule has 1 unspecified atom stereocenters. The van der Waals surface area contributed by atoms with Gasteiger partial charge in [0, 0.05) is 24.8 Å². The number of thioether (sulfide) groups is 1. The molecule has 2 nitrogen and oxygen atoms in total. The highest BCUT2D eigenvalue weighted by atomic mass is 32.2. The van der Waals surface area contributed by atoms with E-state index in [2.05, 4.69) is 50.7 Å². The quantitative estimate of drug-likeness (QED) is 0.676. The molecule has 136 valence electrons. The van der Waals surface area contributed by atoms with E-state index in [9.17, 15) is 4.79 Å². The standard InChI is InChI=1S/C21H35NOS/c1-13-10-17-21(3,9-7-18(23)22(17)4)15-6-8-20(2)12-14(24-5)11-16(20)19(13)15/h13-17,19H,6-12H2,1-5H3/t13-,14-,15-,16-,17+,19?,20+,21+/m0/s1. The van der Waals surface area contributed by atoms with Crippen LogP contribution in [0.3, 0.4) is 0 Å². The Hall–Kier alpha value is -0.180. The van der Waals surface area contributed by atoms with E-state index in [4.69, 9.17) is 0 Å². The lowest BCUT2D eigenvalue weighted by atomic mass is 9.45. The fraction of sp³-hybridized carbons (Fsp3) is 0.952. The summed E-state index contributed by atoms with van der Waals surface area (Å²) in [5, 5.41) is 0.882. The van der Waals surface area contributed by atoms with Crippen LogP contribution in [0.15, 0.2) is 0 Å². The highest BCUT2D eigenvalue weighted by Gasteiger charge is 2.61. The molecule has 0 radical (unpaired) electrons. The molecule has 24 heavy (non-hydrogen) atoms. The molecule has 1 saturated heterocycles. The monoisotopic (exact) mass is 349 g/mol. The smallest absolute Gasteiger partial charge is 0.222 e. The number of piperidine rings is 1. The molecule has 0 bridgehead atoms. The predicted molar refractivity (Wildman–Crippen MR) is 102 cm³/mol. The van der Waals surface area contributed by atoms with Crippen molar-refractivity contribution in [2.45, 2.75) is 77.0 Å². The van der Waals surface area contributed by atoms with Crippen molar-refractivity contribution in [3.05, 3.63) is 0 Å². The Morgan fingerprint density at radius 3 is 2.62 bits per heavy atom. The number of nitrogens with zero attached hydrogens (tertiary/aromatic N) is 1. The summed E-state index contributed by atoms with van der Waals surface area (Å²) >= 11 is 2.11. The Bertz CT molecular complexity index is 536. The summed E-state index contributed by atoms with van der Waals surface area (Å²) in [6.07, 6.45) is 11.1. The highest BCUT2D eigenvalue weighted by Crippen LogP contribution is 2.66. The van der Waals surface area contributed by atoms with E-state index >= 15 is 0 Å². The lowest BCUT2D eigenvalue weighted by molar-refractivity contribution is -0.164. The summed E-state index contributed by atoms with van der Waals surface area (Å²) in [5.41, 5.74) is 0.946. The molecule has 1 heterocycles. The van der Waals surface area contributed by atoms with Gasteiger partial charge >= 0.3 is 0 Å². The minimum Gasteiger partial charge on any atom is -0.342 e. The van der Waals surface area contributed by atoms with Crippen molar-refractivity contribution in [2.24, 2.45) is 34.5 Å². The van der Waals surface area contributed by atoms with Crippen molar-refractivity contribution in [3.8, 4) is 0 Å². The van der Waals surface area contributed by atoms with Crippen LogP contribution in [-0.4, -0.2) is 35.4 Å². The van der Waals surface area contributed by atoms with E-state index in [0.717, 1.165) is 41.8 Å². The maximum absolute atomic E-state index is 12.3. The van der Waals surface area contributed by atoms with Crippen molar-refractivity contribution >= 4 is 17.7 Å². The van der Waals surface area contributed by atoms with Gasteiger partial charge in [-0.05, 0) is 79.3 Å². The Morgan fingerprint density at radius 1 is 1.17 bits per heavy atom.